The number of nitrogens with zero attached hydrogens (tertiary/aromatic N) is 1. The molecule has 8 heteroatoms. The first-order valence-electron chi connectivity index (χ1n) is 12.5. The number of alkyl halides is 5. The van der Waals surface area contributed by atoms with Gasteiger partial charge in [-0.25, -0.2) is 0 Å². The highest BCUT2D eigenvalue weighted by Gasteiger charge is 2.43. The summed E-state index contributed by atoms with van der Waals surface area (Å²) in [5.74, 6) is 0.186. The van der Waals surface area contributed by atoms with Crippen LogP contribution in [0.2, 0.25) is 0 Å². The van der Waals surface area contributed by atoms with Crippen molar-refractivity contribution in [1.29, 1.82) is 0 Å². The Balaban J connectivity index is 0.000000308. The zero-order chi connectivity index (χ0) is 28.2. The third-order valence-corrected chi connectivity index (χ3v) is 5.39. The van der Waals surface area contributed by atoms with E-state index in [9.17, 15) is 22.0 Å². The lowest BCUT2D eigenvalue weighted by Crippen LogP contribution is -2.25. The van der Waals surface area contributed by atoms with Gasteiger partial charge >= 0.3 is 12.5 Å². The Morgan fingerprint density at radius 3 is 2.08 bits per heavy atom. The average molecular weight is 528 g/mol. The summed E-state index contributed by atoms with van der Waals surface area (Å²) in [4.78, 5) is 4.37. The molecule has 0 aromatic heterocycles. The molecule has 3 rings (SSSR count). The first-order chi connectivity index (χ1) is 17.2. The molecule has 0 unspecified atom stereocenters. The maximum Gasteiger partial charge on any atom is 0.586 e. The highest BCUT2D eigenvalue weighted by Crippen LogP contribution is 2.41. The van der Waals surface area contributed by atoms with Gasteiger partial charge in [0.15, 0.2) is 11.5 Å². The molecular weight excluding hydrogens is 489 g/mol. The minimum absolute atomic E-state index is 0.0885. The molecule has 0 amide bonds. The van der Waals surface area contributed by atoms with Crippen LogP contribution in [0, 0.1) is 13.8 Å². The first kappa shape index (κ1) is 32.1. The van der Waals surface area contributed by atoms with Crippen molar-refractivity contribution >= 4 is 11.4 Å². The Bertz CT molecular complexity index is 1050. The molecular formula is C29H38F5NO2. The van der Waals surface area contributed by atoms with Crippen LogP contribution in [0.4, 0.5) is 27.6 Å². The highest BCUT2D eigenvalue weighted by atomic mass is 19.4. The van der Waals surface area contributed by atoms with E-state index in [-0.39, 0.29) is 11.5 Å². The van der Waals surface area contributed by atoms with Crippen molar-refractivity contribution in [3.8, 4) is 11.5 Å². The highest BCUT2D eigenvalue weighted by molar-refractivity contribution is 5.84. The van der Waals surface area contributed by atoms with E-state index in [2.05, 4.69) is 41.8 Å². The molecule has 2 aromatic rings. The van der Waals surface area contributed by atoms with E-state index in [4.69, 9.17) is 0 Å². The van der Waals surface area contributed by atoms with Gasteiger partial charge in [0.25, 0.3) is 0 Å². The third kappa shape index (κ3) is 11.8. The molecule has 206 valence electrons. The molecule has 0 N–H and O–H groups in total. The lowest BCUT2D eigenvalue weighted by Gasteiger charge is -2.09. The van der Waals surface area contributed by atoms with Crippen molar-refractivity contribution in [2.45, 2.75) is 92.5 Å². The van der Waals surface area contributed by atoms with Crippen molar-refractivity contribution in [3.05, 3.63) is 65.2 Å². The van der Waals surface area contributed by atoms with Crippen molar-refractivity contribution in [3.63, 3.8) is 0 Å². The largest absolute Gasteiger partial charge is 0.586 e. The van der Waals surface area contributed by atoms with E-state index in [0.29, 0.717) is 11.3 Å². The van der Waals surface area contributed by atoms with Gasteiger partial charge in [-0.15, -0.1) is 8.78 Å². The quantitative estimate of drug-likeness (QED) is 0.204. The van der Waals surface area contributed by atoms with E-state index < -0.39 is 18.0 Å². The zero-order valence-electron chi connectivity index (χ0n) is 22.6. The standard InChI is InChI=1S/C14H18F3N.C8H6F2O2.C7H14/c1-4-5-6-11(3)18-13-8-7-12(9-10(13)2)14(15,16)17;1-5-2-3-6-7(4-5)12-8(9,10)11-6;1-4-6-7(3)5-2/h7-9H,4-6H2,1-3H3;2-4H,1H3;3-6H2,1-2H3. The smallest absolute Gasteiger partial charge is 0.395 e. The number of benzene rings is 2. The van der Waals surface area contributed by atoms with E-state index in [1.54, 1.807) is 19.9 Å². The molecule has 0 saturated heterocycles. The zero-order valence-corrected chi connectivity index (χ0v) is 22.6. The lowest BCUT2D eigenvalue weighted by atomic mass is 10.1. The second-order valence-corrected chi connectivity index (χ2v) is 8.92. The number of aryl methyl sites for hydroxylation is 2. The van der Waals surface area contributed by atoms with E-state index in [0.717, 1.165) is 49.1 Å². The summed E-state index contributed by atoms with van der Waals surface area (Å²) in [5, 5.41) is 0. The van der Waals surface area contributed by atoms with E-state index in [1.165, 1.54) is 36.6 Å². The Morgan fingerprint density at radius 2 is 1.57 bits per heavy atom. The third-order valence-electron chi connectivity index (χ3n) is 5.39. The Morgan fingerprint density at radius 1 is 0.919 bits per heavy atom. The monoisotopic (exact) mass is 527 g/mol. The summed E-state index contributed by atoms with van der Waals surface area (Å²) in [6, 6.07) is 8.32. The van der Waals surface area contributed by atoms with Gasteiger partial charge in [0.05, 0.1) is 11.3 Å². The van der Waals surface area contributed by atoms with Gasteiger partial charge in [0.2, 0.25) is 0 Å². The number of aliphatic imine (C=N–C) groups is 1. The number of allylic oxidation sites excluding steroid dienone is 1. The van der Waals surface area contributed by atoms with Gasteiger partial charge in [-0.05, 0) is 87.9 Å². The molecule has 1 heterocycles. The van der Waals surface area contributed by atoms with Gasteiger partial charge < -0.3 is 9.47 Å². The van der Waals surface area contributed by atoms with Crippen LogP contribution in [0.1, 0.15) is 82.9 Å². The number of hydrogen-bond acceptors (Lipinski definition) is 3. The molecule has 0 atom stereocenters. The molecule has 0 radical (unpaired) electrons. The maximum absolute atomic E-state index is 12.5. The fraction of sp³-hybridized carbons (Fsp3) is 0.483. The van der Waals surface area contributed by atoms with Crippen LogP contribution < -0.4 is 9.47 Å². The summed E-state index contributed by atoms with van der Waals surface area (Å²) < 4.78 is 70.7. The van der Waals surface area contributed by atoms with Crippen molar-refractivity contribution in [2.75, 3.05) is 0 Å². The number of halogens is 5. The number of rotatable bonds is 7. The summed E-state index contributed by atoms with van der Waals surface area (Å²) >= 11 is 0. The van der Waals surface area contributed by atoms with Crippen molar-refractivity contribution < 1.29 is 31.4 Å². The Kier molecular flexibility index (Phi) is 12.8. The fourth-order valence-corrected chi connectivity index (χ4v) is 3.24. The molecule has 0 fully saturated rings. The predicted octanol–water partition coefficient (Wildman–Crippen LogP) is 10.4. The molecule has 2 aromatic carbocycles. The van der Waals surface area contributed by atoms with E-state index >= 15 is 0 Å². The number of fused-ring (bicyclic) bond motifs is 1. The van der Waals surface area contributed by atoms with Gasteiger partial charge in [0.1, 0.15) is 0 Å². The second kappa shape index (κ2) is 14.7. The second-order valence-electron chi connectivity index (χ2n) is 8.92. The summed E-state index contributed by atoms with van der Waals surface area (Å²) in [6.07, 6.45) is -1.18. The van der Waals surface area contributed by atoms with Gasteiger partial charge in [-0.2, -0.15) is 13.2 Å². The normalized spacial score (nSPS) is 13.8. The molecule has 0 saturated carbocycles. The molecule has 0 spiro atoms. The minimum Gasteiger partial charge on any atom is -0.395 e. The minimum atomic E-state index is -4.29. The molecule has 1 aliphatic rings. The van der Waals surface area contributed by atoms with E-state index in [1.807, 2.05) is 6.92 Å². The topological polar surface area (TPSA) is 30.8 Å². The van der Waals surface area contributed by atoms with Gasteiger partial charge in [0, 0.05) is 5.71 Å². The molecule has 37 heavy (non-hydrogen) atoms. The summed E-state index contributed by atoms with van der Waals surface area (Å²) in [6.45, 7) is 15.6. The molecule has 0 aliphatic carbocycles. The molecule has 3 nitrogen and oxygen atoms in total. The van der Waals surface area contributed by atoms with Crippen LogP contribution >= 0.6 is 0 Å². The molecule has 1 aliphatic heterocycles. The predicted molar refractivity (Wildman–Crippen MR) is 140 cm³/mol. The van der Waals surface area contributed by atoms with Crippen LogP contribution in [0.15, 0.2) is 53.5 Å². The summed E-state index contributed by atoms with van der Waals surface area (Å²) in [7, 11) is 0. The number of hydrogen-bond donors (Lipinski definition) is 0. The molecule has 0 bridgehead atoms. The first-order valence-corrected chi connectivity index (χ1v) is 12.5. The summed E-state index contributed by atoms with van der Waals surface area (Å²) in [5.41, 5.74) is 3.75. The Hall–Kier alpha value is -2.90. The van der Waals surface area contributed by atoms with Crippen LogP contribution in [-0.4, -0.2) is 12.0 Å². The van der Waals surface area contributed by atoms with Crippen molar-refractivity contribution in [2.24, 2.45) is 4.99 Å². The van der Waals surface area contributed by atoms with Crippen LogP contribution in [0.25, 0.3) is 0 Å². The number of ether oxygens (including phenoxy) is 2. The Labute approximate surface area is 217 Å². The lowest BCUT2D eigenvalue weighted by molar-refractivity contribution is -0.286. The van der Waals surface area contributed by atoms with Crippen molar-refractivity contribution in [1.82, 2.24) is 0 Å². The maximum atomic E-state index is 12.5. The number of unbranched alkanes of at least 4 members (excludes halogenated alkanes) is 1. The SMILES string of the molecule is C=C(CC)CCC.CCCCC(C)=Nc1ccc(C(F)(F)F)cc1C.Cc1ccc2c(c1)OC(F)(F)O2. The van der Waals surface area contributed by atoms with Crippen LogP contribution in [-0.2, 0) is 6.18 Å². The van der Waals surface area contributed by atoms with Crippen LogP contribution in [0.3, 0.4) is 0 Å². The average Bonchev–Trinajstić information content (AvgIpc) is 3.12. The van der Waals surface area contributed by atoms with Gasteiger partial charge in [-0.3, -0.25) is 4.99 Å². The van der Waals surface area contributed by atoms with Gasteiger partial charge in [-0.1, -0.05) is 51.8 Å². The fourth-order valence-electron chi connectivity index (χ4n) is 3.24. The van der Waals surface area contributed by atoms with Crippen LogP contribution in [0.5, 0.6) is 11.5 Å².